The number of rotatable bonds is 44. The Morgan fingerprint density at radius 3 is 1.32 bits per heavy atom. The third-order valence-corrected chi connectivity index (χ3v) is 10.9. The SMILES string of the molecule is CCCCCCCCCCCC/C=C/C(O)C(CO)NC(=O)CCCCCCCC/C=C\C=C/CCCCCOC(=O)CCCCCCCCCCCCCC. The van der Waals surface area contributed by atoms with Crippen LogP contribution in [0.4, 0.5) is 0 Å². The van der Waals surface area contributed by atoms with Gasteiger partial charge < -0.3 is 20.3 Å². The first kappa shape index (κ1) is 54.1. The molecular weight excluding hydrogens is 695 g/mol. The molecule has 0 aromatic carbocycles. The minimum atomic E-state index is -0.857. The van der Waals surface area contributed by atoms with Crippen molar-refractivity contribution in [1.82, 2.24) is 5.32 Å². The van der Waals surface area contributed by atoms with E-state index in [4.69, 9.17) is 4.74 Å². The second-order valence-corrected chi connectivity index (χ2v) is 16.5. The number of esters is 1. The molecule has 0 aliphatic heterocycles. The first-order chi connectivity index (χ1) is 27.5. The molecule has 0 saturated heterocycles. The Balaban J connectivity index is 3.56. The minimum absolute atomic E-state index is 0.0231. The van der Waals surface area contributed by atoms with Crippen molar-refractivity contribution < 1.29 is 24.5 Å². The minimum Gasteiger partial charge on any atom is -0.466 e. The summed E-state index contributed by atoms with van der Waals surface area (Å²) in [5, 5.41) is 22.9. The van der Waals surface area contributed by atoms with Gasteiger partial charge in [-0.1, -0.05) is 204 Å². The number of hydrogen-bond acceptors (Lipinski definition) is 5. The Morgan fingerprint density at radius 2 is 0.875 bits per heavy atom. The molecule has 3 N–H and O–H groups in total. The molecule has 0 saturated carbocycles. The maximum Gasteiger partial charge on any atom is 0.305 e. The first-order valence-corrected chi connectivity index (χ1v) is 24.3. The zero-order valence-electron chi connectivity index (χ0n) is 37.1. The lowest BCUT2D eigenvalue weighted by Crippen LogP contribution is -2.45. The van der Waals surface area contributed by atoms with E-state index in [2.05, 4.69) is 43.5 Å². The molecule has 0 aliphatic carbocycles. The second kappa shape index (κ2) is 45.8. The van der Waals surface area contributed by atoms with E-state index < -0.39 is 12.1 Å². The Morgan fingerprint density at radius 1 is 0.500 bits per heavy atom. The maximum absolute atomic E-state index is 12.4. The normalized spacial score (nSPS) is 13.0. The van der Waals surface area contributed by atoms with E-state index in [1.807, 2.05) is 6.08 Å². The predicted octanol–water partition coefficient (Wildman–Crippen LogP) is 14.1. The number of hydrogen-bond donors (Lipinski definition) is 3. The van der Waals surface area contributed by atoms with E-state index in [0.29, 0.717) is 19.4 Å². The standard InChI is InChI=1S/C50H93NO5/c1-3-5-7-9-11-13-15-22-26-30-34-38-42-48(53)47(46-52)51-49(54)43-39-35-31-27-23-20-18-17-19-21-25-29-33-37-41-45-56-50(55)44-40-36-32-28-24-16-14-12-10-8-6-4-2/h17,19,21,25,38,42,47-48,52-53H,3-16,18,20,22-24,26-37,39-41,43-46H2,1-2H3,(H,51,54)/b19-17-,25-21-,42-38+. The van der Waals surface area contributed by atoms with Crippen LogP contribution in [-0.2, 0) is 14.3 Å². The van der Waals surface area contributed by atoms with E-state index in [1.165, 1.54) is 141 Å². The van der Waals surface area contributed by atoms with Gasteiger partial charge in [0.05, 0.1) is 25.4 Å². The Bertz CT molecular complexity index is 915. The number of unbranched alkanes of at least 4 members (excludes halogenated alkanes) is 30. The van der Waals surface area contributed by atoms with Gasteiger partial charge >= 0.3 is 5.97 Å². The van der Waals surface area contributed by atoms with E-state index in [9.17, 15) is 19.8 Å². The summed E-state index contributed by atoms with van der Waals surface area (Å²) >= 11 is 0. The zero-order valence-corrected chi connectivity index (χ0v) is 37.1. The quantitative estimate of drug-likeness (QED) is 0.0247. The van der Waals surface area contributed by atoms with Crippen LogP contribution in [0.5, 0.6) is 0 Å². The molecule has 0 aliphatic rings. The Hall–Kier alpha value is -1.92. The van der Waals surface area contributed by atoms with Gasteiger partial charge in [-0.3, -0.25) is 9.59 Å². The highest BCUT2D eigenvalue weighted by atomic mass is 16.5. The fourth-order valence-corrected chi connectivity index (χ4v) is 7.15. The molecular formula is C50H93NO5. The number of allylic oxidation sites excluding steroid dienone is 5. The summed E-state index contributed by atoms with van der Waals surface area (Å²) < 4.78 is 5.42. The van der Waals surface area contributed by atoms with Crippen LogP contribution in [-0.4, -0.2) is 47.4 Å². The molecule has 0 aromatic rings. The lowest BCUT2D eigenvalue weighted by molar-refractivity contribution is -0.143. The summed E-state index contributed by atoms with van der Waals surface area (Å²) in [6, 6.07) is -0.643. The van der Waals surface area contributed by atoms with Crippen LogP contribution in [0.1, 0.15) is 245 Å². The van der Waals surface area contributed by atoms with Crippen LogP contribution in [0.15, 0.2) is 36.5 Å². The van der Waals surface area contributed by atoms with Crippen LogP contribution in [0.2, 0.25) is 0 Å². The summed E-state index contributed by atoms with van der Waals surface area (Å²) in [6.45, 7) is 4.82. The maximum atomic E-state index is 12.4. The fourth-order valence-electron chi connectivity index (χ4n) is 7.15. The monoisotopic (exact) mass is 788 g/mol. The number of aliphatic hydroxyl groups excluding tert-OH is 2. The summed E-state index contributed by atoms with van der Waals surface area (Å²) in [6.07, 6.45) is 54.2. The van der Waals surface area contributed by atoms with Gasteiger partial charge in [-0.2, -0.15) is 0 Å². The van der Waals surface area contributed by atoms with Gasteiger partial charge in [0.1, 0.15) is 0 Å². The third-order valence-electron chi connectivity index (χ3n) is 10.9. The molecule has 6 heteroatoms. The van der Waals surface area contributed by atoms with Gasteiger partial charge in [0.15, 0.2) is 0 Å². The highest BCUT2D eigenvalue weighted by Crippen LogP contribution is 2.14. The first-order valence-electron chi connectivity index (χ1n) is 24.3. The lowest BCUT2D eigenvalue weighted by atomic mass is 10.0. The van der Waals surface area contributed by atoms with Crippen molar-refractivity contribution >= 4 is 11.9 Å². The van der Waals surface area contributed by atoms with E-state index in [1.54, 1.807) is 6.08 Å². The number of nitrogens with one attached hydrogen (secondary N) is 1. The zero-order chi connectivity index (χ0) is 40.8. The van der Waals surface area contributed by atoms with Crippen molar-refractivity contribution in [2.75, 3.05) is 13.2 Å². The van der Waals surface area contributed by atoms with Gasteiger partial charge in [0.25, 0.3) is 0 Å². The van der Waals surface area contributed by atoms with E-state index in [0.717, 1.165) is 77.0 Å². The van der Waals surface area contributed by atoms with Crippen molar-refractivity contribution in [1.29, 1.82) is 0 Å². The van der Waals surface area contributed by atoms with Crippen LogP contribution in [0.25, 0.3) is 0 Å². The van der Waals surface area contributed by atoms with Crippen molar-refractivity contribution in [3.63, 3.8) is 0 Å². The van der Waals surface area contributed by atoms with Crippen LogP contribution in [0.3, 0.4) is 0 Å². The molecule has 0 spiro atoms. The van der Waals surface area contributed by atoms with Crippen molar-refractivity contribution in [3.8, 4) is 0 Å². The number of carbonyl (C=O) groups is 2. The average molecular weight is 788 g/mol. The number of carbonyl (C=O) groups excluding carboxylic acids is 2. The Kier molecular flexibility index (Phi) is 44.2. The molecule has 0 heterocycles. The van der Waals surface area contributed by atoms with Gasteiger partial charge in [-0.15, -0.1) is 0 Å². The predicted molar refractivity (Wildman–Crippen MR) is 241 cm³/mol. The third kappa shape index (κ3) is 41.7. The lowest BCUT2D eigenvalue weighted by Gasteiger charge is -2.20. The molecule has 56 heavy (non-hydrogen) atoms. The van der Waals surface area contributed by atoms with Gasteiger partial charge in [-0.05, 0) is 64.2 Å². The molecule has 0 rings (SSSR count). The molecule has 328 valence electrons. The molecule has 1 amide bonds. The molecule has 0 radical (unpaired) electrons. The highest BCUT2D eigenvalue weighted by molar-refractivity contribution is 5.76. The van der Waals surface area contributed by atoms with Crippen molar-refractivity contribution in [2.24, 2.45) is 0 Å². The van der Waals surface area contributed by atoms with Gasteiger partial charge in [-0.25, -0.2) is 0 Å². The van der Waals surface area contributed by atoms with Crippen molar-refractivity contribution in [3.05, 3.63) is 36.5 Å². The number of aliphatic hydroxyl groups is 2. The smallest absolute Gasteiger partial charge is 0.305 e. The van der Waals surface area contributed by atoms with Crippen molar-refractivity contribution in [2.45, 2.75) is 257 Å². The Labute approximate surface area is 347 Å². The topological polar surface area (TPSA) is 95.9 Å². The summed E-state index contributed by atoms with van der Waals surface area (Å²) in [5.74, 6) is -0.115. The van der Waals surface area contributed by atoms with E-state index in [-0.39, 0.29) is 18.5 Å². The highest BCUT2D eigenvalue weighted by Gasteiger charge is 2.18. The molecule has 0 bridgehead atoms. The van der Waals surface area contributed by atoms with Crippen LogP contribution < -0.4 is 5.32 Å². The van der Waals surface area contributed by atoms with Gasteiger partial charge in [0.2, 0.25) is 5.91 Å². The summed E-state index contributed by atoms with van der Waals surface area (Å²) in [4.78, 5) is 24.3. The van der Waals surface area contributed by atoms with E-state index >= 15 is 0 Å². The largest absolute Gasteiger partial charge is 0.466 e. The number of amides is 1. The molecule has 2 atom stereocenters. The molecule has 0 fully saturated rings. The fraction of sp³-hybridized carbons (Fsp3) is 0.840. The molecule has 6 nitrogen and oxygen atoms in total. The average Bonchev–Trinajstić information content (AvgIpc) is 3.20. The second-order valence-electron chi connectivity index (χ2n) is 16.5. The molecule has 2 unspecified atom stereocenters. The van der Waals surface area contributed by atoms with Gasteiger partial charge in [0, 0.05) is 12.8 Å². The molecule has 0 aromatic heterocycles. The summed E-state index contributed by atoms with van der Waals surface area (Å²) in [7, 11) is 0. The van der Waals surface area contributed by atoms with Crippen LogP contribution in [0, 0.1) is 0 Å². The number of ether oxygens (including phenoxy) is 1. The summed E-state index contributed by atoms with van der Waals surface area (Å²) in [5.41, 5.74) is 0. The van der Waals surface area contributed by atoms with Crippen LogP contribution >= 0.6 is 0 Å².